The second-order valence-electron chi connectivity index (χ2n) is 3.37. The zero-order chi connectivity index (χ0) is 14.3. The quantitative estimate of drug-likeness (QED) is 0.767. The topological polar surface area (TPSA) is 46.2 Å². The van der Waals surface area contributed by atoms with Gasteiger partial charge in [0.15, 0.2) is 0 Å². The molecule has 1 rings (SSSR count). The van der Waals surface area contributed by atoms with Crippen molar-refractivity contribution in [1.82, 2.24) is 0 Å². The van der Waals surface area contributed by atoms with E-state index in [1.807, 2.05) is 0 Å². The van der Waals surface area contributed by atoms with Crippen molar-refractivity contribution < 1.29 is 31.4 Å². The zero-order valence-electron chi connectivity index (χ0n) is 8.40. The third kappa shape index (κ3) is 2.89. The molecule has 0 aliphatic heterocycles. The Morgan fingerprint density at radius 3 is 2.00 bits per heavy atom. The minimum atomic E-state index is -5.10. The van der Waals surface area contributed by atoms with Crippen molar-refractivity contribution in [1.29, 1.82) is 0 Å². The van der Waals surface area contributed by atoms with Crippen LogP contribution < -0.4 is 5.73 Å². The van der Waals surface area contributed by atoms with Gasteiger partial charge in [0.05, 0.1) is 10.0 Å². The summed E-state index contributed by atoms with van der Waals surface area (Å²) in [5, 5.41) is 9.35. The average Bonchev–Trinajstić information content (AvgIpc) is 2.17. The molecule has 0 saturated carbocycles. The number of benzene rings is 1. The summed E-state index contributed by atoms with van der Waals surface area (Å²) in [4.78, 5) is 0. The zero-order valence-corrected chi connectivity index (χ0v) is 9.99. The molecule has 0 aromatic heterocycles. The predicted molar refractivity (Wildman–Crippen MR) is 53.8 cm³/mol. The van der Waals surface area contributed by atoms with Crippen molar-refractivity contribution >= 4 is 15.9 Å². The van der Waals surface area contributed by atoms with Gasteiger partial charge in [0.25, 0.3) is 0 Å². The van der Waals surface area contributed by atoms with Crippen molar-refractivity contribution in [3.8, 4) is 5.75 Å². The molecule has 1 atom stereocenters. The van der Waals surface area contributed by atoms with Gasteiger partial charge >= 0.3 is 12.4 Å². The van der Waals surface area contributed by atoms with Crippen LogP contribution in [0.25, 0.3) is 0 Å². The SMILES string of the molecule is N[C@@H](c1c(C(F)(F)F)ccc(Br)c1O)C(F)(F)F. The Morgan fingerprint density at radius 2 is 1.61 bits per heavy atom. The van der Waals surface area contributed by atoms with Crippen LogP contribution in [0.2, 0.25) is 0 Å². The van der Waals surface area contributed by atoms with Gasteiger partial charge < -0.3 is 10.8 Å². The fourth-order valence-corrected chi connectivity index (χ4v) is 1.65. The molecule has 9 heteroatoms. The molecule has 0 amide bonds. The second-order valence-corrected chi connectivity index (χ2v) is 4.23. The highest BCUT2D eigenvalue weighted by Gasteiger charge is 2.45. The first-order valence-corrected chi connectivity index (χ1v) is 5.16. The van der Waals surface area contributed by atoms with E-state index in [-0.39, 0.29) is 4.47 Å². The van der Waals surface area contributed by atoms with Gasteiger partial charge in [-0.2, -0.15) is 26.3 Å². The van der Waals surface area contributed by atoms with Crippen LogP contribution in [0.4, 0.5) is 26.3 Å². The van der Waals surface area contributed by atoms with Gasteiger partial charge in [0, 0.05) is 5.56 Å². The smallest absolute Gasteiger partial charge is 0.416 e. The third-order valence-corrected chi connectivity index (χ3v) is 2.78. The van der Waals surface area contributed by atoms with Crippen molar-refractivity contribution in [2.24, 2.45) is 5.73 Å². The van der Waals surface area contributed by atoms with Gasteiger partial charge in [-0.3, -0.25) is 0 Å². The van der Waals surface area contributed by atoms with Crippen LogP contribution in [0.1, 0.15) is 17.2 Å². The molecule has 2 nitrogen and oxygen atoms in total. The van der Waals surface area contributed by atoms with Crippen LogP contribution in [0, 0.1) is 0 Å². The van der Waals surface area contributed by atoms with Crippen molar-refractivity contribution in [2.45, 2.75) is 18.4 Å². The first kappa shape index (κ1) is 15.1. The van der Waals surface area contributed by atoms with Crippen LogP contribution >= 0.6 is 15.9 Å². The number of aromatic hydroxyl groups is 1. The first-order chi connectivity index (χ1) is 7.96. The number of alkyl halides is 6. The van der Waals surface area contributed by atoms with Gasteiger partial charge in [-0.15, -0.1) is 0 Å². The van der Waals surface area contributed by atoms with E-state index >= 15 is 0 Å². The van der Waals surface area contributed by atoms with Crippen LogP contribution in [-0.4, -0.2) is 11.3 Å². The lowest BCUT2D eigenvalue weighted by Crippen LogP contribution is -2.30. The van der Waals surface area contributed by atoms with E-state index < -0.39 is 35.3 Å². The van der Waals surface area contributed by atoms with Crippen molar-refractivity contribution in [3.63, 3.8) is 0 Å². The molecular weight excluding hydrogens is 332 g/mol. The first-order valence-electron chi connectivity index (χ1n) is 4.37. The van der Waals surface area contributed by atoms with E-state index in [2.05, 4.69) is 15.9 Å². The number of rotatable bonds is 1. The molecule has 0 fully saturated rings. The van der Waals surface area contributed by atoms with Gasteiger partial charge in [-0.1, -0.05) is 0 Å². The molecule has 18 heavy (non-hydrogen) atoms. The van der Waals surface area contributed by atoms with Crippen LogP contribution in [0.15, 0.2) is 16.6 Å². The van der Waals surface area contributed by atoms with Crippen LogP contribution in [0.5, 0.6) is 5.75 Å². The van der Waals surface area contributed by atoms with E-state index in [9.17, 15) is 31.4 Å². The Morgan fingerprint density at radius 1 is 1.11 bits per heavy atom. The van der Waals surface area contributed by atoms with E-state index in [0.29, 0.717) is 6.07 Å². The summed E-state index contributed by atoms with van der Waals surface area (Å²) in [6.45, 7) is 0. The number of hydrogen-bond acceptors (Lipinski definition) is 2. The number of nitrogens with two attached hydrogens (primary N) is 1. The van der Waals surface area contributed by atoms with Crippen molar-refractivity contribution in [3.05, 3.63) is 27.7 Å². The summed E-state index contributed by atoms with van der Waals surface area (Å²) in [7, 11) is 0. The van der Waals surface area contributed by atoms with Gasteiger partial charge in [-0.05, 0) is 28.1 Å². The Kier molecular flexibility index (Phi) is 3.87. The summed E-state index contributed by atoms with van der Waals surface area (Å²) in [5.74, 6) is -1.17. The maximum atomic E-state index is 12.6. The molecule has 0 heterocycles. The summed E-state index contributed by atoms with van der Waals surface area (Å²) in [5.41, 5.74) is 1.72. The second kappa shape index (κ2) is 4.61. The molecule has 0 spiro atoms. The fourth-order valence-electron chi connectivity index (χ4n) is 1.31. The summed E-state index contributed by atoms with van der Waals surface area (Å²) in [6, 6.07) is -1.71. The molecule has 102 valence electrons. The highest BCUT2D eigenvalue weighted by atomic mass is 79.9. The van der Waals surface area contributed by atoms with E-state index in [4.69, 9.17) is 5.73 Å². The molecular formula is C9H6BrF6NO. The summed E-state index contributed by atoms with van der Waals surface area (Å²) >= 11 is 2.64. The molecule has 0 bridgehead atoms. The number of phenols is 1. The maximum absolute atomic E-state index is 12.6. The summed E-state index contributed by atoms with van der Waals surface area (Å²) in [6.07, 6.45) is -10.1. The Hall–Kier alpha value is -0.960. The molecule has 0 radical (unpaired) electrons. The van der Waals surface area contributed by atoms with Crippen LogP contribution in [0.3, 0.4) is 0 Å². The third-order valence-electron chi connectivity index (χ3n) is 2.14. The maximum Gasteiger partial charge on any atom is 0.416 e. The lowest BCUT2D eigenvalue weighted by Gasteiger charge is -2.22. The molecule has 1 aromatic rings. The Bertz CT molecular complexity index is 456. The van der Waals surface area contributed by atoms with E-state index in [0.717, 1.165) is 6.07 Å². The molecule has 0 aliphatic carbocycles. The molecule has 0 saturated heterocycles. The Labute approximate surface area is 106 Å². The molecule has 0 unspecified atom stereocenters. The minimum absolute atomic E-state index is 0.301. The number of phenolic OH excluding ortho intramolecular Hbond substituents is 1. The van der Waals surface area contributed by atoms with Gasteiger partial charge in [0.2, 0.25) is 0 Å². The normalized spacial score (nSPS) is 14.7. The van der Waals surface area contributed by atoms with Crippen LogP contribution in [-0.2, 0) is 6.18 Å². The molecule has 3 N–H and O–H groups in total. The van der Waals surface area contributed by atoms with E-state index in [1.54, 1.807) is 0 Å². The lowest BCUT2D eigenvalue weighted by atomic mass is 9.99. The van der Waals surface area contributed by atoms with Gasteiger partial charge in [0.1, 0.15) is 11.8 Å². The summed E-state index contributed by atoms with van der Waals surface area (Å²) < 4.78 is 74.6. The molecule has 0 aliphatic rings. The monoisotopic (exact) mass is 337 g/mol. The highest BCUT2D eigenvalue weighted by molar-refractivity contribution is 9.10. The lowest BCUT2D eigenvalue weighted by molar-refractivity contribution is -0.156. The largest absolute Gasteiger partial charge is 0.506 e. The predicted octanol–water partition coefficient (Wildman–Crippen LogP) is 3.74. The average molecular weight is 338 g/mol. The number of hydrogen-bond donors (Lipinski definition) is 2. The Balaban J connectivity index is 3.53. The van der Waals surface area contributed by atoms with E-state index in [1.165, 1.54) is 0 Å². The fraction of sp³-hybridized carbons (Fsp3) is 0.333. The highest BCUT2D eigenvalue weighted by Crippen LogP contribution is 2.45. The number of halogens is 7. The standard InChI is InChI=1S/C9H6BrF6NO/c10-4-2-1-3(8(11,12)13)5(6(4)18)7(17)9(14,15)16/h1-2,7,18H,17H2/t7-/m0/s1. The minimum Gasteiger partial charge on any atom is -0.506 e. The van der Waals surface area contributed by atoms with Crippen molar-refractivity contribution in [2.75, 3.05) is 0 Å². The molecule has 1 aromatic carbocycles. The van der Waals surface area contributed by atoms with Gasteiger partial charge in [-0.25, -0.2) is 0 Å².